The smallest absolute Gasteiger partial charge is 0.338 e. The van der Waals surface area contributed by atoms with Crippen molar-refractivity contribution in [2.75, 3.05) is 6.79 Å². The third kappa shape index (κ3) is 3.16. The molecule has 0 radical (unpaired) electrons. The van der Waals surface area contributed by atoms with Crippen molar-refractivity contribution >= 4 is 5.97 Å². The second kappa shape index (κ2) is 6.27. The van der Waals surface area contributed by atoms with E-state index in [2.05, 4.69) is 10.2 Å². The van der Waals surface area contributed by atoms with E-state index in [-0.39, 0.29) is 19.3 Å². The molecule has 0 fully saturated rings. The zero-order valence-electron chi connectivity index (χ0n) is 13.4. The molecule has 0 N–H and O–H groups in total. The molecule has 0 bridgehead atoms. The van der Waals surface area contributed by atoms with Gasteiger partial charge >= 0.3 is 5.97 Å². The molecule has 1 aliphatic rings. The standard InChI is InChI=1S/C18H14N2O5/c1-11-3-2-4-12(7-11)17-20-19-16(25-17)9-22-18(21)13-5-6-14-15(8-13)24-10-23-14/h2-8H,9-10H2,1H3. The summed E-state index contributed by atoms with van der Waals surface area (Å²) in [6, 6.07) is 12.6. The molecular formula is C18H14N2O5. The van der Waals surface area contributed by atoms with Crippen LogP contribution in [0.25, 0.3) is 11.5 Å². The van der Waals surface area contributed by atoms with E-state index >= 15 is 0 Å². The summed E-state index contributed by atoms with van der Waals surface area (Å²) in [5.74, 6) is 1.24. The largest absolute Gasteiger partial charge is 0.454 e. The third-order valence-electron chi connectivity index (χ3n) is 3.67. The number of aromatic nitrogens is 2. The van der Waals surface area contributed by atoms with Crippen molar-refractivity contribution in [2.45, 2.75) is 13.5 Å². The number of hydrogen-bond acceptors (Lipinski definition) is 7. The van der Waals surface area contributed by atoms with Gasteiger partial charge in [0, 0.05) is 5.56 Å². The number of aryl methyl sites for hydroxylation is 1. The van der Waals surface area contributed by atoms with Gasteiger partial charge in [0.05, 0.1) is 5.56 Å². The maximum absolute atomic E-state index is 12.1. The van der Waals surface area contributed by atoms with E-state index < -0.39 is 5.97 Å². The Labute approximate surface area is 143 Å². The highest BCUT2D eigenvalue weighted by molar-refractivity contribution is 5.90. The van der Waals surface area contributed by atoms with E-state index in [4.69, 9.17) is 18.6 Å². The number of rotatable bonds is 4. The summed E-state index contributed by atoms with van der Waals surface area (Å²) < 4.78 is 21.2. The van der Waals surface area contributed by atoms with E-state index in [9.17, 15) is 4.79 Å². The van der Waals surface area contributed by atoms with Crippen molar-refractivity contribution < 1.29 is 23.4 Å². The summed E-state index contributed by atoms with van der Waals surface area (Å²) in [7, 11) is 0. The van der Waals surface area contributed by atoms with Gasteiger partial charge in [-0.2, -0.15) is 0 Å². The SMILES string of the molecule is Cc1cccc(-c2nnc(COC(=O)c3ccc4c(c3)OCO4)o2)c1. The highest BCUT2D eigenvalue weighted by atomic mass is 16.7. The lowest BCUT2D eigenvalue weighted by molar-refractivity contribution is 0.0438. The van der Waals surface area contributed by atoms with Crippen LogP contribution in [0.15, 0.2) is 46.9 Å². The first kappa shape index (κ1) is 15.2. The second-order valence-electron chi connectivity index (χ2n) is 5.51. The van der Waals surface area contributed by atoms with E-state index in [0.717, 1.165) is 11.1 Å². The Kier molecular flexibility index (Phi) is 3.81. The van der Waals surface area contributed by atoms with E-state index in [1.807, 2.05) is 31.2 Å². The van der Waals surface area contributed by atoms with Crippen molar-refractivity contribution in [1.29, 1.82) is 0 Å². The highest BCUT2D eigenvalue weighted by Gasteiger charge is 2.18. The van der Waals surface area contributed by atoms with Gasteiger partial charge in [0.15, 0.2) is 18.1 Å². The molecule has 7 heteroatoms. The van der Waals surface area contributed by atoms with Crippen LogP contribution in [0.4, 0.5) is 0 Å². The van der Waals surface area contributed by atoms with Gasteiger partial charge < -0.3 is 18.6 Å². The van der Waals surface area contributed by atoms with Crippen molar-refractivity contribution in [3.8, 4) is 23.0 Å². The van der Waals surface area contributed by atoms with Crippen LogP contribution >= 0.6 is 0 Å². The van der Waals surface area contributed by atoms with Crippen LogP contribution in [0.2, 0.25) is 0 Å². The van der Waals surface area contributed by atoms with E-state index in [1.165, 1.54) is 0 Å². The first-order valence-corrected chi connectivity index (χ1v) is 7.65. The fourth-order valence-corrected chi connectivity index (χ4v) is 2.44. The molecule has 25 heavy (non-hydrogen) atoms. The van der Waals surface area contributed by atoms with Gasteiger partial charge in [-0.1, -0.05) is 17.7 Å². The number of fused-ring (bicyclic) bond motifs is 1. The summed E-state index contributed by atoms with van der Waals surface area (Å²) in [5.41, 5.74) is 2.27. The van der Waals surface area contributed by atoms with Gasteiger partial charge in [-0.25, -0.2) is 4.79 Å². The monoisotopic (exact) mass is 338 g/mol. The lowest BCUT2D eigenvalue weighted by Crippen LogP contribution is -2.05. The lowest BCUT2D eigenvalue weighted by atomic mass is 10.1. The third-order valence-corrected chi connectivity index (χ3v) is 3.67. The predicted octanol–water partition coefficient (Wildman–Crippen LogP) is 3.13. The lowest BCUT2D eigenvalue weighted by Gasteiger charge is -2.03. The molecule has 0 saturated carbocycles. The number of hydrogen-bond donors (Lipinski definition) is 0. The number of benzene rings is 2. The molecule has 0 spiro atoms. The average molecular weight is 338 g/mol. The molecule has 126 valence electrons. The number of esters is 1. The van der Waals surface area contributed by atoms with Crippen LogP contribution in [-0.4, -0.2) is 23.0 Å². The Morgan fingerprint density at radius 2 is 2.00 bits per heavy atom. The molecule has 0 atom stereocenters. The summed E-state index contributed by atoms with van der Waals surface area (Å²) in [6.45, 7) is 2.03. The molecule has 7 nitrogen and oxygen atoms in total. The molecule has 2 heterocycles. The predicted molar refractivity (Wildman–Crippen MR) is 86.2 cm³/mol. The second-order valence-corrected chi connectivity index (χ2v) is 5.51. The molecule has 0 aliphatic carbocycles. The highest BCUT2D eigenvalue weighted by Crippen LogP contribution is 2.32. The van der Waals surface area contributed by atoms with Crippen molar-refractivity contribution in [2.24, 2.45) is 0 Å². The molecule has 1 aromatic heterocycles. The first-order valence-electron chi connectivity index (χ1n) is 7.65. The van der Waals surface area contributed by atoms with Gasteiger partial charge in [-0.05, 0) is 37.3 Å². The molecule has 2 aromatic carbocycles. The van der Waals surface area contributed by atoms with Crippen LogP contribution < -0.4 is 9.47 Å². The minimum absolute atomic E-state index is 0.105. The molecule has 0 amide bonds. The minimum Gasteiger partial charge on any atom is -0.454 e. The number of carbonyl (C=O) groups is 1. The molecule has 3 aromatic rings. The fraction of sp³-hybridized carbons (Fsp3) is 0.167. The van der Waals surface area contributed by atoms with Crippen LogP contribution in [0.5, 0.6) is 11.5 Å². The molecule has 4 rings (SSSR count). The van der Waals surface area contributed by atoms with E-state index in [1.54, 1.807) is 18.2 Å². The van der Waals surface area contributed by atoms with E-state index in [0.29, 0.717) is 23.0 Å². The Morgan fingerprint density at radius 3 is 2.88 bits per heavy atom. The van der Waals surface area contributed by atoms with Crippen LogP contribution in [-0.2, 0) is 11.3 Å². The summed E-state index contributed by atoms with van der Waals surface area (Å²) in [5, 5.41) is 7.89. The van der Waals surface area contributed by atoms with Gasteiger partial charge in [0.25, 0.3) is 5.89 Å². The van der Waals surface area contributed by atoms with Gasteiger partial charge in [0.1, 0.15) is 0 Å². The topological polar surface area (TPSA) is 83.7 Å². The molecule has 0 unspecified atom stereocenters. The first-order chi connectivity index (χ1) is 12.2. The molecule has 1 aliphatic heterocycles. The summed E-state index contributed by atoms with van der Waals surface area (Å²) in [4.78, 5) is 12.1. The zero-order valence-corrected chi connectivity index (χ0v) is 13.4. The number of ether oxygens (including phenoxy) is 3. The molecular weight excluding hydrogens is 324 g/mol. The Bertz CT molecular complexity index is 935. The van der Waals surface area contributed by atoms with Crippen molar-refractivity contribution in [3.63, 3.8) is 0 Å². The van der Waals surface area contributed by atoms with Crippen LogP contribution in [0.1, 0.15) is 21.8 Å². The summed E-state index contributed by atoms with van der Waals surface area (Å²) in [6.07, 6.45) is 0. The quantitative estimate of drug-likeness (QED) is 0.676. The molecule has 0 saturated heterocycles. The van der Waals surface area contributed by atoms with Crippen LogP contribution in [0.3, 0.4) is 0 Å². The van der Waals surface area contributed by atoms with Crippen molar-refractivity contribution in [3.05, 3.63) is 59.5 Å². The zero-order chi connectivity index (χ0) is 17.2. The normalized spacial score (nSPS) is 12.2. The maximum Gasteiger partial charge on any atom is 0.338 e. The fourth-order valence-electron chi connectivity index (χ4n) is 2.44. The van der Waals surface area contributed by atoms with Gasteiger partial charge in [-0.15, -0.1) is 10.2 Å². The van der Waals surface area contributed by atoms with Gasteiger partial charge in [0.2, 0.25) is 12.7 Å². The minimum atomic E-state index is -0.506. The number of nitrogens with zero attached hydrogens (tertiary/aromatic N) is 2. The Morgan fingerprint density at radius 1 is 1.12 bits per heavy atom. The van der Waals surface area contributed by atoms with Crippen molar-refractivity contribution in [1.82, 2.24) is 10.2 Å². The Hall–Kier alpha value is -3.35. The average Bonchev–Trinajstić information content (AvgIpc) is 3.28. The maximum atomic E-state index is 12.1. The Balaban J connectivity index is 1.42. The van der Waals surface area contributed by atoms with Gasteiger partial charge in [-0.3, -0.25) is 0 Å². The summed E-state index contributed by atoms with van der Waals surface area (Å²) >= 11 is 0. The number of carbonyl (C=O) groups excluding carboxylic acids is 1. The van der Waals surface area contributed by atoms with Crippen LogP contribution in [0, 0.1) is 6.92 Å².